The second-order valence-corrected chi connectivity index (χ2v) is 8.66. The number of aromatic nitrogens is 4. The highest BCUT2D eigenvalue weighted by molar-refractivity contribution is 7.98. The third-order valence-corrected chi connectivity index (χ3v) is 6.67. The third-order valence-electron chi connectivity index (χ3n) is 4.78. The van der Waals surface area contributed by atoms with Crippen LogP contribution in [0.4, 0.5) is 0 Å². The van der Waals surface area contributed by atoms with E-state index in [2.05, 4.69) is 15.1 Å². The van der Waals surface area contributed by atoms with Gasteiger partial charge in [-0.2, -0.15) is 0 Å². The standard InChI is InChI=1S/C20H18N4O3S2/c25-19-15-5-1-7-21-18(15)22-20(24(19)11-14-4-2-8-26-14)29-12-13-10-16(27-23-13)17-6-3-9-28-17/h1,3,5-7,9-10,14H,2,4,8,11-12H2. The van der Waals surface area contributed by atoms with E-state index in [9.17, 15) is 4.79 Å². The van der Waals surface area contributed by atoms with E-state index in [-0.39, 0.29) is 11.7 Å². The van der Waals surface area contributed by atoms with Gasteiger partial charge in [0.1, 0.15) is 0 Å². The number of thioether (sulfide) groups is 1. The summed E-state index contributed by atoms with van der Waals surface area (Å²) < 4.78 is 12.9. The zero-order chi connectivity index (χ0) is 19.6. The Morgan fingerprint density at radius 2 is 2.28 bits per heavy atom. The Balaban J connectivity index is 1.44. The highest BCUT2D eigenvalue weighted by Crippen LogP contribution is 2.28. The van der Waals surface area contributed by atoms with Crippen LogP contribution in [0.1, 0.15) is 18.5 Å². The van der Waals surface area contributed by atoms with E-state index < -0.39 is 0 Å². The van der Waals surface area contributed by atoms with Crippen molar-refractivity contribution in [1.82, 2.24) is 19.7 Å². The summed E-state index contributed by atoms with van der Waals surface area (Å²) in [5, 5.41) is 7.31. The molecule has 0 radical (unpaired) electrons. The van der Waals surface area contributed by atoms with Crippen LogP contribution in [0.5, 0.6) is 0 Å². The van der Waals surface area contributed by atoms with Gasteiger partial charge in [-0.15, -0.1) is 11.3 Å². The van der Waals surface area contributed by atoms with Crippen molar-refractivity contribution >= 4 is 34.1 Å². The molecule has 9 heteroatoms. The van der Waals surface area contributed by atoms with E-state index in [4.69, 9.17) is 9.26 Å². The van der Waals surface area contributed by atoms with Gasteiger partial charge < -0.3 is 9.26 Å². The van der Waals surface area contributed by atoms with E-state index in [1.54, 1.807) is 34.2 Å². The Hall–Kier alpha value is -2.49. The normalized spacial score (nSPS) is 16.6. The molecular formula is C20H18N4O3S2. The molecule has 0 aliphatic carbocycles. The van der Waals surface area contributed by atoms with E-state index >= 15 is 0 Å². The number of rotatable bonds is 6. The Morgan fingerprint density at radius 3 is 3.10 bits per heavy atom. The zero-order valence-corrected chi connectivity index (χ0v) is 17.1. The molecule has 1 saturated heterocycles. The first-order chi connectivity index (χ1) is 14.3. The van der Waals surface area contributed by atoms with Crippen molar-refractivity contribution in [1.29, 1.82) is 0 Å². The van der Waals surface area contributed by atoms with Crippen molar-refractivity contribution < 1.29 is 9.26 Å². The third kappa shape index (κ3) is 3.85. The van der Waals surface area contributed by atoms with Crippen molar-refractivity contribution in [2.45, 2.75) is 36.4 Å². The molecule has 0 bridgehead atoms. The summed E-state index contributed by atoms with van der Waals surface area (Å²) in [7, 11) is 0. The Morgan fingerprint density at radius 1 is 1.31 bits per heavy atom. The van der Waals surface area contributed by atoms with Crippen LogP contribution in [0.3, 0.4) is 0 Å². The first-order valence-corrected chi connectivity index (χ1v) is 11.2. The van der Waals surface area contributed by atoms with Gasteiger partial charge in [0.15, 0.2) is 16.6 Å². The SMILES string of the molecule is O=c1c2cccnc2nc(SCc2cc(-c3cccs3)on2)n1CC1CCCO1. The largest absolute Gasteiger partial charge is 0.376 e. The molecule has 29 heavy (non-hydrogen) atoms. The van der Waals surface area contributed by atoms with Gasteiger partial charge >= 0.3 is 0 Å². The van der Waals surface area contributed by atoms with Gasteiger partial charge in [0.25, 0.3) is 5.56 Å². The molecule has 0 saturated carbocycles. The van der Waals surface area contributed by atoms with Gasteiger partial charge in [-0.25, -0.2) is 9.97 Å². The highest BCUT2D eigenvalue weighted by atomic mass is 32.2. The van der Waals surface area contributed by atoms with Gasteiger partial charge in [-0.05, 0) is 36.4 Å². The minimum atomic E-state index is -0.0828. The molecule has 5 rings (SSSR count). The van der Waals surface area contributed by atoms with Crippen LogP contribution in [-0.2, 0) is 17.0 Å². The lowest BCUT2D eigenvalue weighted by Gasteiger charge is -2.15. The van der Waals surface area contributed by atoms with Crippen LogP contribution in [0, 0.1) is 0 Å². The topological polar surface area (TPSA) is 83.0 Å². The van der Waals surface area contributed by atoms with E-state index in [1.165, 1.54) is 11.8 Å². The second-order valence-electron chi connectivity index (χ2n) is 6.77. The number of nitrogens with zero attached hydrogens (tertiary/aromatic N) is 4. The molecule has 5 heterocycles. The summed E-state index contributed by atoms with van der Waals surface area (Å²) in [4.78, 5) is 23.0. The van der Waals surface area contributed by atoms with E-state index in [0.29, 0.717) is 28.5 Å². The summed E-state index contributed by atoms with van der Waals surface area (Å²) >= 11 is 3.07. The van der Waals surface area contributed by atoms with Crippen molar-refractivity contribution in [3.05, 3.63) is 58.0 Å². The molecule has 148 valence electrons. The summed E-state index contributed by atoms with van der Waals surface area (Å²) in [6.45, 7) is 1.24. The molecule has 1 unspecified atom stereocenters. The van der Waals surface area contributed by atoms with Crippen LogP contribution in [-0.4, -0.2) is 32.4 Å². The average molecular weight is 427 g/mol. The maximum Gasteiger partial charge on any atom is 0.263 e. The summed E-state index contributed by atoms with van der Waals surface area (Å²) in [5.74, 6) is 1.30. The van der Waals surface area contributed by atoms with Crippen molar-refractivity contribution in [3.63, 3.8) is 0 Å². The molecule has 1 fully saturated rings. The number of hydrogen-bond donors (Lipinski definition) is 0. The highest BCUT2D eigenvalue weighted by Gasteiger charge is 2.21. The first-order valence-electron chi connectivity index (χ1n) is 9.37. The van der Waals surface area contributed by atoms with Gasteiger partial charge in [-0.3, -0.25) is 9.36 Å². The maximum absolute atomic E-state index is 13.1. The zero-order valence-electron chi connectivity index (χ0n) is 15.5. The number of thiophene rings is 1. The number of pyridine rings is 1. The minimum Gasteiger partial charge on any atom is -0.376 e. The number of ether oxygens (including phenoxy) is 1. The van der Waals surface area contributed by atoms with E-state index in [1.807, 2.05) is 23.6 Å². The fourth-order valence-electron chi connectivity index (χ4n) is 3.35. The lowest BCUT2D eigenvalue weighted by Crippen LogP contribution is -2.29. The monoisotopic (exact) mass is 426 g/mol. The van der Waals surface area contributed by atoms with Crippen molar-refractivity contribution in [3.8, 4) is 10.6 Å². The number of fused-ring (bicyclic) bond motifs is 1. The average Bonchev–Trinajstić information content (AvgIpc) is 3.51. The van der Waals surface area contributed by atoms with E-state index in [0.717, 1.165) is 35.8 Å². The Labute approximate surface area is 174 Å². The lowest BCUT2D eigenvalue weighted by atomic mass is 10.2. The van der Waals surface area contributed by atoms with Gasteiger partial charge in [0.05, 0.1) is 28.6 Å². The molecule has 7 nitrogen and oxygen atoms in total. The number of hydrogen-bond acceptors (Lipinski definition) is 8. The predicted molar refractivity (Wildman–Crippen MR) is 112 cm³/mol. The molecule has 1 aliphatic heterocycles. The molecule has 1 aliphatic rings. The molecule has 0 spiro atoms. The predicted octanol–water partition coefficient (Wildman–Crippen LogP) is 3.98. The van der Waals surface area contributed by atoms with Crippen molar-refractivity contribution in [2.24, 2.45) is 0 Å². The summed E-state index contributed by atoms with van der Waals surface area (Å²) in [6.07, 6.45) is 3.67. The smallest absolute Gasteiger partial charge is 0.263 e. The second kappa shape index (κ2) is 8.10. The first kappa shape index (κ1) is 18.5. The van der Waals surface area contributed by atoms with Crippen LogP contribution in [0.25, 0.3) is 21.7 Å². The summed E-state index contributed by atoms with van der Waals surface area (Å²) in [5.41, 5.74) is 1.18. The van der Waals surface area contributed by atoms with Crippen molar-refractivity contribution in [2.75, 3.05) is 6.61 Å². The molecule has 4 aromatic heterocycles. The molecule has 0 amide bonds. The van der Waals surface area contributed by atoms with Crippen LogP contribution in [0.15, 0.2) is 56.4 Å². The lowest BCUT2D eigenvalue weighted by molar-refractivity contribution is 0.0937. The molecule has 4 aromatic rings. The fraction of sp³-hybridized carbons (Fsp3) is 0.300. The van der Waals surface area contributed by atoms with Gasteiger partial charge in [0.2, 0.25) is 0 Å². The van der Waals surface area contributed by atoms with Gasteiger partial charge in [0, 0.05) is 24.6 Å². The quantitative estimate of drug-likeness (QED) is 0.341. The Kier molecular flexibility index (Phi) is 5.17. The fourth-order valence-corrected chi connectivity index (χ4v) is 4.90. The maximum atomic E-state index is 13.1. The van der Waals surface area contributed by atoms with Crippen LogP contribution >= 0.6 is 23.1 Å². The summed E-state index contributed by atoms with van der Waals surface area (Å²) in [6, 6.07) is 9.44. The molecular weight excluding hydrogens is 408 g/mol. The molecule has 0 aromatic carbocycles. The molecule has 1 atom stereocenters. The Bertz CT molecular complexity index is 1180. The van der Waals surface area contributed by atoms with Gasteiger partial charge in [-0.1, -0.05) is 23.0 Å². The molecule has 0 N–H and O–H groups in total. The van der Waals surface area contributed by atoms with Crippen LogP contribution in [0.2, 0.25) is 0 Å². The van der Waals surface area contributed by atoms with Crippen LogP contribution < -0.4 is 5.56 Å². The minimum absolute atomic E-state index is 0.0421.